The number of ether oxygens (including phenoxy) is 1. The standard InChI is InChI=1S/C23H39N5O/c1-3-20-17-22(26-19(2)25-20)27-11-7-21(8-12-27)24-18-23(9-5-4-6-10-23)28-13-15-29-16-14-28/h17,21,24H,3-16,18H2,1-2H3. The Bertz CT molecular complexity index is 647. The van der Waals surface area contributed by atoms with Gasteiger partial charge in [0.25, 0.3) is 0 Å². The third kappa shape index (κ3) is 5.09. The molecule has 162 valence electrons. The smallest absolute Gasteiger partial charge is 0.132 e. The molecule has 0 unspecified atom stereocenters. The summed E-state index contributed by atoms with van der Waals surface area (Å²) in [4.78, 5) is 14.4. The monoisotopic (exact) mass is 401 g/mol. The lowest BCUT2D eigenvalue weighted by atomic mass is 9.79. The molecule has 3 heterocycles. The van der Waals surface area contributed by atoms with Crippen molar-refractivity contribution < 1.29 is 4.74 Å². The van der Waals surface area contributed by atoms with E-state index in [9.17, 15) is 0 Å². The van der Waals surface area contributed by atoms with E-state index in [2.05, 4.69) is 33.1 Å². The topological polar surface area (TPSA) is 53.5 Å². The maximum absolute atomic E-state index is 5.63. The molecule has 3 aliphatic rings. The molecule has 4 rings (SSSR count). The van der Waals surface area contributed by atoms with Crippen LogP contribution in [0.15, 0.2) is 6.07 Å². The second-order valence-corrected chi connectivity index (χ2v) is 9.14. The molecule has 0 atom stereocenters. The number of morpholine rings is 1. The minimum atomic E-state index is 0.360. The van der Waals surface area contributed by atoms with Gasteiger partial charge in [-0.3, -0.25) is 4.90 Å². The molecule has 1 saturated carbocycles. The zero-order valence-corrected chi connectivity index (χ0v) is 18.5. The Labute approximate surface area is 176 Å². The molecule has 0 radical (unpaired) electrons. The van der Waals surface area contributed by atoms with Gasteiger partial charge >= 0.3 is 0 Å². The van der Waals surface area contributed by atoms with Crippen LogP contribution < -0.4 is 10.2 Å². The fourth-order valence-electron chi connectivity index (χ4n) is 5.45. The van der Waals surface area contributed by atoms with Gasteiger partial charge in [-0.2, -0.15) is 0 Å². The molecular weight excluding hydrogens is 362 g/mol. The first-order valence-electron chi connectivity index (χ1n) is 11.8. The lowest BCUT2D eigenvalue weighted by Crippen LogP contribution is -2.60. The summed E-state index contributed by atoms with van der Waals surface area (Å²) < 4.78 is 5.63. The summed E-state index contributed by atoms with van der Waals surface area (Å²) >= 11 is 0. The maximum atomic E-state index is 5.63. The summed E-state index contributed by atoms with van der Waals surface area (Å²) in [6.45, 7) is 11.5. The second-order valence-electron chi connectivity index (χ2n) is 9.14. The summed E-state index contributed by atoms with van der Waals surface area (Å²) in [5.41, 5.74) is 1.51. The Kier molecular flexibility index (Phi) is 7.04. The molecule has 0 spiro atoms. The third-order valence-electron chi connectivity index (χ3n) is 7.24. The number of piperidine rings is 1. The lowest BCUT2D eigenvalue weighted by Gasteiger charge is -2.49. The number of aryl methyl sites for hydroxylation is 2. The summed E-state index contributed by atoms with van der Waals surface area (Å²) in [7, 11) is 0. The Morgan fingerprint density at radius 1 is 1.07 bits per heavy atom. The van der Waals surface area contributed by atoms with Crippen LogP contribution in [0.2, 0.25) is 0 Å². The van der Waals surface area contributed by atoms with Crippen molar-refractivity contribution in [3.63, 3.8) is 0 Å². The first-order valence-corrected chi connectivity index (χ1v) is 11.8. The van der Waals surface area contributed by atoms with Crippen molar-refractivity contribution in [2.75, 3.05) is 50.8 Å². The SMILES string of the molecule is CCc1cc(N2CCC(NCC3(N4CCOCC4)CCCCC3)CC2)nc(C)n1. The average Bonchev–Trinajstić information content (AvgIpc) is 2.79. The van der Waals surface area contributed by atoms with Crippen LogP contribution in [-0.4, -0.2) is 72.4 Å². The van der Waals surface area contributed by atoms with Gasteiger partial charge in [0.2, 0.25) is 0 Å². The van der Waals surface area contributed by atoms with Gasteiger partial charge in [0, 0.05) is 56.1 Å². The molecule has 29 heavy (non-hydrogen) atoms. The van der Waals surface area contributed by atoms with Crippen LogP contribution in [0.25, 0.3) is 0 Å². The van der Waals surface area contributed by atoms with Crippen molar-refractivity contribution in [1.29, 1.82) is 0 Å². The van der Waals surface area contributed by atoms with Gasteiger partial charge in [-0.15, -0.1) is 0 Å². The van der Waals surface area contributed by atoms with Crippen LogP contribution in [-0.2, 0) is 11.2 Å². The second kappa shape index (κ2) is 9.71. The largest absolute Gasteiger partial charge is 0.379 e. The summed E-state index contributed by atoms with van der Waals surface area (Å²) in [5, 5.41) is 3.99. The fourth-order valence-corrected chi connectivity index (χ4v) is 5.45. The fraction of sp³-hybridized carbons (Fsp3) is 0.826. The molecular formula is C23H39N5O. The van der Waals surface area contributed by atoms with Crippen molar-refractivity contribution in [1.82, 2.24) is 20.2 Å². The van der Waals surface area contributed by atoms with E-state index in [4.69, 9.17) is 9.72 Å². The van der Waals surface area contributed by atoms with Gasteiger partial charge in [-0.05, 0) is 39.0 Å². The number of nitrogens with one attached hydrogen (secondary N) is 1. The number of anilines is 1. The van der Waals surface area contributed by atoms with Gasteiger partial charge in [0.15, 0.2) is 0 Å². The molecule has 1 aliphatic carbocycles. The predicted octanol–water partition coefficient (Wildman–Crippen LogP) is 2.94. The molecule has 1 aromatic heterocycles. The van der Waals surface area contributed by atoms with Crippen molar-refractivity contribution in [2.45, 2.75) is 76.8 Å². The summed E-state index contributed by atoms with van der Waals surface area (Å²) in [5.74, 6) is 2.01. The van der Waals surface area contributed by atoms with Crippen LogP contribution in [0.3, 0.4) is 0 Å². The number of rotatable bonds is 6. The number of nitrogens with zero attached hydrogens (tertiary/aromatic N) is 4. The molecule has 2 aliphatic heterocycles. The van der Waals surface area contributed by atoms with E-state index in [1.54, 1.807) is 0 Å². The molecule has 6 nitrogen and oxygen atoms in total. The number of hydrogen-bond acceptors (Lipinski definition) is 6. The van der Waals surface area contributed by atoms with Crippen molar-refractivity contribution in [3.05, 3.63) is 17.6 Å². The first kappa shape index (κ1) is 21.0. The summed E-state index contributed by atoms with van der Waals surface area (Å²) in [6, 6.07) is 2.80. The van der Waals surface area contributed by atoms with E-state index in [0.29, 0.717) is 11.6 Å². The highest BCUT2D eigenvalue weighted by Crippen LogP contribution is 2.34. The quantitative estimate of drug-likeness (QED) is 0.791. The normalized spacial score (nSPS) is 24.0. The van der Waals surface area contributed by atoms with E-state index in [0.717, 1.165) is 69.7 Å². The minimum Gasteiger partial charge on any atom is -0.379 e. The Balaban J connectivity index is 1.32. The van der Waals surface area contributed by atoms with Gasteiger partial charge in [-0.1, -0.05) is 26.2 Å². The molecule has 0 bridgehead atoms. The molecule has 0 aromatic carbocycles. The highest BCUT2D eigenvalue weighted by Gasteiger charge is 2.39. The van der Waals surface area contributed by atoms with Gasteiger partial charge < -0.3 is 15.0 Å². The van der Waals surface area contributed by atoms with E-state index in [1.165, 1.54) is 44.9 Å². The maximum Gasteiger partial charge on any atom is 0.132 e. The van der Waals surface area contributed by atoms with Crippen LogP contribution in [0.4, 0.5) is 5.82 Å². The van der Waals surface area contributed by atoms with Crippen LogP contribution in [0, 0.1) is 6.92 Å². The van der Waals surface area contributed by atoms with Crippen LogP contribution >= 0.6 is 0 Å². The molecule has 1 N–H and O–H groups in total. The van der Waals surface area contributed by atoms with Crippen molar-refractivity contribution >= 4 is 5.82 Å². The molecule has 3 fully saturated rings. The average molecular weight is 402 g/mol. The van der Waals surface area contributed by atoms with E-state index < -0.39 is 0 Å². The van der Waals surface area contributed by atoms with Gasteiger partial charge in [0.1, 0.15) is 11.6 Å². The first-order chi connectivity index (χ1) is 14.2. The predicted molar refractivity (Wildman–Crippen MR) is 118 cm³/mol. The Hall–Kier alpha value is -1.24. The summed E-state index contributed by atoms with van der Waals surface area (Å²) in [6.07, 6.45) is 10.2. The lowest BCUT2D eigenvalue weighted by molar-refractivity contribution is -0.0379. The molecule has 0 amide bonds. The zero-order chi connectivity index (χ0) is 20.1. The van der Waals surface area contributed by atoms with Crippen LogP contribution in [0.5, 0.6) is 0 Å². The van der Waals surface area contributed by atoms with Gasteiger partial charge in [-0.25, -0.2) is 9.97 Å². The molecule has 2 saturated heterocycles. The van der Waals surface area contributed by atoms with Crippen molar-refractivity contribution in [3.8, 4) is 0 Å². The molecule has 1 aromatic rings. The molecule has 6 heteroatoms. The highest BCUT2D eigenvalue weighted by atomic mass is 16.5. The van der Waals surface area contributed by atoms with Gasteiger partial charge in [0.05, 0.1) is 13.2 Å². The Morgan fingerprint density at radius 3 is 2.48 bits per heavy atom. The number of hydrogen-bond donors (Lipinski definition) is 1. The Morgan fingerprint density at radius 2 is 1.79 bits per heavy atom. The number of aromatic nitrogens is 2. The van der Waals surface area contributed by atoms with Crippen molar-refractivity contribution in [2.24, 2.45) is 0 Å². The minimum absolute atomic E-state index is 0.360. The van der Waals surface area contributed by atoms with E-state index in [-0.39, 0.29) is 0 Å². The van der Waals surface area contributed by atoms with E-state index >= 15 is 0 Å². The van der Waals surface area contributed by atoms with E-state index in [1.807, 2.05) is 6.92 Å². The highest BCUT2D eigenvalue weighted by molar-refractivity contribution is 5.40. The van der Waals surface area contributed by atoms with Crippen LogP contribution in [0.1, 0.15) is 63.4 Å². The third-order valence-corrected chi connectivity index (χ3v) is 7.24. The zero-order valence-electron chi connectivity index (χ0n) is 18.5.